The maximum absolute atomic E-state index is 2.57. The van der Waals surface area contributed by atoms with Gasteiger partial charge in [0.1, 0.15) is 0 Å². The molecule has 0 amide bonds. The topological polar surface area (TPSA) is 0 Å². The summed E-state index contributed by atoms with van der Waals surface area (Å²) in [5.41, 5.74) is 12.6. The molecule has 0 atom stereocenters. The van der Waals surface area contributed by atoms with Crippen molar-refractivity contribution in [3.05, 3.63) is 255 Å². The second-order valence-electron chi connectivity index (χ2n) is 19.7. The Hall–Kier alpha value is -8.92. The molecule has 0 radical (unpaired) electrons. The van der Waals surface area contributed by atoms with Crippen LogP contribution in [0.1, 0.15) is 0 Å². The largest absolute Gasteiger partial charge is 0.135 e. The Bertz CT molecular complexity index is 4880. The van der Waals surface area contributed by atoms with Crippen LogP contribution in [-0.4, -0.2) is 0 Å². The molecule has 2 heteroatoms. The lowest BCUT2D eigenvalue weighted by atomic mass is 9.82. The monoisotopic (exact) mass is 970 g/mol. The lowest BCUT2D eigenvalue weighted by Crippen LogP contribution is -1.93. The minimum absolute atomic E-state index is 1.23. The van der Waals surface area contributed by atoms with E-state index >= 15 is 0 Å². The van der Waals surface area contributed by atoms with E-state index in [0.29, 0.717) is 0 Å². The molecule has 0 bridgehead atoms. The van der Waals surface area contributed by atoms with Gasteiger partial charge in [-0.2, -0.15) is 0 Å². The molecular formula is C72H42S2. The molecule has 0 fully saturated rings. The van der Waals surface area contributed by atoms with Crippen LogP contribution in [0.2, 0.25) is 0 Å². The zero-order valence-electron chi connectivity index (χ0n) is 40.1. The zero-order valence-corrected chi connectivity index (χ0v) is 41.7. The van der Waals surface area contributed by atoms with E-state index < -0.39 is 0 Å². The maximum atomic E-state index is 2.57. The number of rotatable bonds is 5. The third kappa shape index (κ3) is 6.01. The number of hydrogen-bond donors (Lipinski definition) is 0. The second-order valence-corrected chi connectivity index (χ2v) is 21.8. The van der Waals surface area contributed by atoms with Crippen molar-refractivity contribution in [2.45, 2.75) is 0 Å². The molecule has 74 heavy (non-hydrogen) atoms. The summed E-state index contributed by atoms with van der Waals surface area (Å²) in [6, 6.07) is 95.4. The molecule has 0 saturated carbocycles. The predicted octanol–water partition coefficient (Wildman–Crippen LogP) is 21.7. The Morgan fingerprint density at radius 2 is 0.514 bits per heavy atom. The van der Waals surface area contributed by atoms with Crippen LogP contribution in [0.3, 0.4) is 0 Å². The van der Waals surface area contributed by atoms with Gasteiger partial charge in [0.15, 0.2) is 0 Å². The lowest BCUT2D eigenvalue weighted by Gasteiger charge is -2.21. The van der Waals surface area contributed by atoms with Gasteiger partial charge in [0, 0.05) is 56.9 Å². The summed E-state index contributed by atoms with van der Waals surface area (Å²) in [5.74, 6) is 0. The van der Waals surface area contributed by atoms with E-state index in [9.17, 15) is 0 Å². The molecule has 0 aliphatic rings. The van der Waals surface area contributed by atoms with Gasteiger partial charge in [0.05, 0.1) is 0 Å². The number of fused-ring (bicyclic) bond motifs is 14. The quantitative estimate of drug-likeness (QED) is 0.151. The molecule has 0 aliphatic carbocycles. The highest BCUT2D eigenvalue weighted by atomic mass is 32.1. The Morgan fingerprint density at radius 3 is 0.946 bits per heavy atom. The van der Waals surface area contributed by atoms with Crippen LogP contribution in [0.25, 0.3) is 161 Å². The summed E-state index contributed by atoms with van der Waals surface area (Å²) >= 11 is 3.88. The van der Waals surface area contributed by atoms with Gasteiger partial charge < -0.3 is 0 Å². The average molecular weight is 971 g/mol. The van der Waals surface area contributed by atoms with Gasteiger partial charge in [0.2, 0.25) is 0 Å². The first-order valence-electron chi connectivity index (χ1n) is 25.5. The Balaban J connectivity index is 1.06. The highest BCUT2D eigenvalue weighted by molar-refractivity contribution is 7.27. The van der Waals surface area contributed by atoms with Gasteiger partial charge in [-0.05, 0) is 128 Å². The number of benzene rings is 14. The van der Waals surface area contributed by atoms with Crippen LogP contribution in [0.15, 0.2) is 255 Å². The molecule has 2 heterocycles. The smallest absolute Gasteiger partial charge is 0.0440 e. The molecule has 0 aliphatic heterocycles. The summed E-state index contributed by atoms with van der Waals surface area (Å²) in [7, 11) is 0. The van der Waals surface area contributed by atoms with Crippen molar-refractivity contribution in [2.24, 2.45) is 0 Å². The van der Waals surface area contributed by atoms with E-state index in [0.717, 1.165) is 0 Å². The highest BCUT2D eigenvalue weighted by Gasteiger charge is 2.27. The van der Waals surface area contributed by atoms with Gasteiger partial charge >= 0.3 is 0 Å². The normalized spacial score (nSPS) is 12.1. The number of thiophene rings is 2. The van der Waals surface area contributed by atoms with Crippen molar-refractivity contribution >= 4 is 128 Å². The van der Waals surface area contributed by atoms with E-state index in [2.05, 4.69) is 255 Å². The van der Waals surface area contributed by atoms with Crippen LogP contribution in [0.5, 0.6) is 0 Å². The summed E-state index contributed by atoms with van der Waals surface area (Å²) < 4.78 is 5.26. The minimum Gasteiger partial charge on any atom is -0.135 e. The Morgan fingerprint density at radius 1 is 0.203 bits per heavy atom. The van der Waals surface area contributed by atoms with Crippen molar-refractivity contribution in [3.8, 4) is 55.6 Å². The molecule has 0 N–H and O–H groups in total. The third-order valence-corrected chi connectivity index (χ3v) is 18.2. The van der Waals surface area contributed by atoms with E-state index in [-0.39, 0.29) is 0 Å². The molecule has 0 nitrogen and oxygen atoms in total. The van der Waals surface area contributed by atoms with Crippen LogP contribution < -0.4 is 0 Å². The zero-order chi connectivity index (χ0) is 48.4. The summed E-state index contributed by atoms with van der Waals surface area (Å²) in [6.07, 6.45) is 0. The standard InChI is InChI=1S/C72H42S2/c1-3-21-43(22-4-1)46-39-40-57(48-26-8-7-25-47(46)48)66-53-31-13-15-33-55(53)68(56-34-16-14-32-54(56)66)61-42-45-41-60(67-51-29-11-9-27-49(51)64(44-23-5-2-6-24-44)50-28-10-12-30-52(50)67)71-69(58-35-17-19-37-62(58)73-71)65(45)70-59-36-18-20-38-63(59)74-72(61)70/h1-42H. The fourth-order valence-electron chi connectivity index (χ4n) is 12.8. The summed E-state index contributed by atoms with van der Waals surface area (Å²) in [4.78, 5) is 0. The van der Waals surface area contributed by atoms with Crippen molar-refractivity contribution < 1.29 is 0 Å². The van der Waals surface area contributed by atoms with Gasteiger partial charge in [-0.1, -0.05) is 231 Å². The van der Waals surface area contributed by atoms with Gasteiger partial charge in [-0.15, -0.1) is 22.7 Å². The molecule has 16 rings (SSSR count). The first kappa shape index (κ1) is 41.7. The third-order valence-electron chi connectivity index (χ3n) is 15.8. The van der Waals surface area contributed by atoms with Crippen molar-refractivity contribution in [1.82, 2.24) is 0 Å². The lowest BCUT2D eigenvalue weighted by molar-refractivity contribution is 1.64. The summed E-state index contributed by atoms with van der Waals surface area (Å²) in [5, 5.41) is 20.5. The van der Waals surface area contributed by atoms with Crippen molar-refractivity contribution in [2.75, 3.05) is 0 Å². The maximum Gasteiger partial charge on any atom is 0.0440 e. The van der Waals surface area contributed by atoms with Crippen LogP contribution in [-0.2, 0) is 0 Å². The highest BCUT2D eigenvalue weighted by Crippen LogP contribution is 2.56. The first-order chi connectivity index (χ1) is 36.8. The average Bonchev–Trinajstić information content (AvgIpc) is 4.07. The van der Waals surface area contributed by atoms with Gasteiger partial charge in [0.25, 0.3) is 0 Å². The second kappa shape index (κ2) is 16.3. The van der Waals surface area contributed by atoms with E-state index in [4.69, 9.17) is 0 Å². The van der Waals surface area contributed by atoms with Gasteiger partial charge in [-0.25, -0.2) is 0 Å². The van der Waals surface area contributed by atoms with Crippen LogP contribution in [0.4, 0.5) is 0 Å². The first-order valence-corrected chi connectivity index (χ1v) is 27.1. The Kier molecular flexibility index (Phi) is 9.18. The van der Waals surface area contributed by atoms with E-state index in [1.54, 1.807) is 0 Å². The molecule has 14 aromatic carbocycles. The molecule has 16 aromatic rings. The fraction of sp³-hybridized carbons (Fsp3) is 0. The SMILES string of the molecule is c1ccc(-c2ccc(-c3c4ccccc4c(-c4cc5cc(-c6c7ccccc7c(-c7ccccc7)c7ccccc67)c6sc7ccccc7c6c5c5c4sc4ccccc45)c4ccccc34)c3ccccc23)cc1. The van der Waals surface area contributed by atoms with Crippen molar-refractivity contribution in [1.29, 1.82) is 0 Å². The van der Waals surface area contributed by atoms with Gasteiger partial charge in [-0.3, -0.25) is 0 Å². The van der Waals surface area contributed by atoms with Crippen LogP contribution in [0, 0.1) is 0 Å². The fourth-order valence-corrected chi connectivity index (χ4v) is 15.3. The molecule has 0 spiro atoms. The molecule has 342 valence electrons. The number of hydrogen-bond acceptors (Lipinski definition) is 2. The van der Waals surface area contributed by atoms with E-state index in [1.807, 2.05) is 22.7 Å². The molecule has 0 unspecified atom stereocenters. The Labute approximate surface area is 435 Å². The van der Waals surface area contributed by atoms with E-state index in [1.165, 1.54) is 161 Å². The van der Waals surface area contributed by atoms with Crippen LogP contribution >= 0.6 is 22.7 Å². The predicted molar refractivity (Wildman–Crippen MR) is 324 cm³/mol. The molecular weight excluding hydrogens is 929 g/mol. The molecule has 0 saturated heterocycles. The van der Waals surface area contributed by atoms with Crippen molar-refractivity contribution in [3.63, 3.8) is 0 Å². The molecule has 2 aromatic heterocycles. The summed E-state index contributed by atoms with van der Waals surface area (Å²) in [6.45, 7) is 0. The minimum atomic E-state index is 1.23.